The summed E-state index contributed by atoms with van der Waals surface area (Å²) < 4.78 is 51.1. The maximum atomic E-state index is 12.5. The van der Waals surface area contributed by atoms with Gasteiger partial charge in [-0.1, -0.05) is 6.07 Å². The van der Waals surface area contributed by atoms with E-state index in [1.54, 1.807) is 18.2 Å². The van der Waals surface area contributed by atoms with Crippen molar-refractivity contribution in [2.75, 3.05) is 24.8 Å². The van der Waals surface area contributed by atoms with Crippen LogP contribution < -0.4 is 19.1 Å². The Hall–Kier alpha value is -3.43. The number of carbonyl (C=O) groups excluding carboxylic acids is 2. The zero-order valence-electron chi connectivity index (χ0n) is 14.9. The van der Waals surface area contributed by atoms with Gasteiger partial charge in [0.05, 0.1) is 0 Å². The first-order valence-corrected chi connectivity index (χ1v) is 8.61. The Kier molecular flexibility index (Phi) is 4.69. The number of anilines is 1. The Morgan fingerprint density at radius 2 is 1.66 bits per heavy atom. The van der Waals surface area contributed by atoms with Crippen LogP contribution in [0.3, 0.4) is 0 Å². The fraction of sp³-hybridized carbons (Fsp3) is 0.263. The second kappa shape index (κ2) is 7.19. The van der Waals surface area contributed by atoms with E-state index in [-0.39, 0.29) is 38.2 Å². The van der Waals surface area contributed by atoms with E-state index in [1.807, 2.05) is 0 Å². The van der Waals surface area contributed by atoms with Gasteiger partial charge in [0.1, 0.15) is 18.8 Å². The van der Waals surface area contributed by atoms with E-state index in [2.05, 4.69) is 4.74 Å². The van der Waals surface area contributed by atoms with E-state index in [1.165, 1.54) is 21.9 Å². The summed E-state index contributed by atoms with van der Waals surface area (Å²) in [5.74, 6) is 0.189. The van der Waals surface area contributed by atoms with Crippen LogP contribution in [0.5, 0.6) is 17.2 Å². The van der Waals surface area contributed by atoms with Crippen LogP contribution in [0.25, 0.3) is 0 Å². The molecule has 2 aliphatic rings. The van der Waals surface area contributed by atoms with Crippen LogP contribution >= 0.6 is 0 Å². The number of fused-ring (bicyclic) bond motifs is 1. The highest BCUT2D eigenvalue weighted by molar-refractivity contribution is 6.04. The van der Waals surface area contributed by atoms with Gasteiger partial charge in [0.15, 0.2) is 11.5 Å². The van der Waals surface area contributed by atoms with Crippen molar-refractivity contribution in [2.24, 2.45) is 0 Å². The lowest BCUT2D eigenvalue weighted by atomic mass is 10.1. The average Bonchev–Trinajstić information content (AvgIpc) is 3.12. The summed E-state index contributed by atoms with van der Waals surface area (Å²) in [6, 6.07) is 10.1. The summed E-state index contributed by atoms with van der Waals surface area (Å²) in [4.78, 5) is 27.7. The maximum Gasteiger partial charge on any atom is 0.573 e. The molecule has 2 heterocycles. The molecule has 0 atom stereocenters. The lowest BCUT2D eigenvalue weighted by Crippen LogP contribution is -2.53. The quantitative estimate of drug-likeness (QED) is 0.778. The van der Waals surface area contributed by atoms with Gasteiger partial charge in [-0.2, -0.15) is 0 Å². The summed E-state index contributed by atoms with van der Waals surface area (Å²) in [7, 11) is 0. The summed E-state index contributed by atoms with van der Waals surface area (Å²) in [5, 5.41) is 0. The Balaban J connectivity index is 1.42. The molecule has 0 unspecified atom stereocenters. The smallest absolute Gasteiger partial charge is 0.454 e. The molecule has 2 amide bonds. The van der Waals surface area contributed by atoms with Crippen molar-refractivity contribution in [3.8, 4) is 17.2 Å². The zero-order valence-corrected chi connectivity index (χ0v) is 14.9. The van der Waals surface area contributed by atoms with Crippen LogP contribution in [0.15, 0.2) is 42.5 Å². The van der Waals surface area contributed by atoms with Crippen LogP contribution in [0.4, 0.5) is 18.9 Å². The van der Waals surface area contributed by atoms with Gasteiger partial charge < -0.3 is 24.0 Å². The standard InChI is InChI=1S/C19H15F3N2O5/c20-19(21,22)29-14-4-2-13(3-5-14)24-10-17(25)23(9-18(24)26)8-12-1-6-15-16(7-12)28-11-27-15/h1-7H,8-11H2. The SMILES string of the molecule is O=C1CN(c2ccc(OC(F)(F)F)cc2)C(=O)CN1Cc1ccc2c(c1)OCO2. The molecular formula is C19H15F3N2O5. The molecule has 1 saturated heterocycles. The topological polar surface area (TPSA) is 68.3 Å². The lowest BCUT2D eigenvalue weighted by molar-refractivity contribution is -0.274. The first kappa shape index (κ1) is 18.9. The largest absolute Gasteiger partial charge is 0.573 e. The summed E-state index contributed by atoms with van der Waals surface area (Å²) in [6.07, 6.45) is -4.80. The molecule has 0 aliphatic carbocycles. The fourth-order valence-electron chi connectivity index (χ4n) is 3.13. The first-order valence-electron chi connectivity index (χ1n) is 8.61. The third-order valence-electron chi connectivity index (χ3n) is 4.47. The monoisotopic (exact) mass is 408 g/mol. The fourth-order valence-corrected chi connectivity index (χ4v) is 3.13. The molecule has 0 N–H and O–H groups in total. The molecule has 4 rings (SSSR count). The van der Waals surface area contributed by atoms with Gasteiger partial charge in [0, 0.05) is 12.2 Å². The Morgan fingerprint density at radius 1 is 0.931 bits per heavy atom. The average molecular weight is 408 g/mol. The minimum absolute atomic E-state index is 0.141. The number of halogens is 3. The van der Waals surface area contributed by atoms with E-state index in [9.17, 15) is 22.8 Å². The van der Waals surface area contributed by atoms with E-state index in [4.69, 9.17) is 9.47 Å². The minimum atomic E-state index is -4.80. The second-order valence-electron chi connectivity index (χ2n) is 6.46. The molecule has 0 aromatic heterocycles. The Morgan fingerprint density at radius 3 is 2.38 bits per heavy atom. The number of nitrogens with zero attached hydrogens (tertiary/aromatic N) is 2. The first-order chi connectivity index (χ1) is 13.8. The van der Waals surface area contributed by atoms with Gasteiger partial charge >= 0.3 is 6.36 Å². The number of amides is 2. The second-order valence-corrected chi connectivity index (χ2v) is 6.46. The molecule has 0 radical (unpaired) electrons. The normalized spacial score (nSPS) is 16.4. The summed E-state index contributed by atoms with van der Waals surface area (Å²) in [6.45, 7) is 0.0199. The van der Waals surface area contributed by atoms with Crippen LogP contribution in [0, 0.1) is 0 Å². The highest BCUT2D eigenvalue weighted by Gasteiger charge is 2.33. The van der Waals surface area contributed by atoms with Crippen molar-refractivity contribution in [1.82, 2.24) is 4.90 Å². The predicted octanol–water partition coefficient (Wildman–Crippen LogP) is 2.69. The van der Waals surface area contributed by atoms with Crippen molar-refractivity contribution < 1.29 is 37.0 Å². The molecule has 2 aromatic rings. The number of alkyl halides is 3. The van der Waals surface area contributed by atoms with E-state index in [0.29, 0.717) is 17.2 Å². The van der Waals surface area contributed by atoms with E-state index >= 15 is 0 Å². The number of hydrogen-bond acceptors (Lipinski definition) is 5. The molecular weight excluding hydrogens is 393 g/mol. The molecule has 10 heteroatoms. The van der Waals surface area contributed by atoms with E-state index < -0.39 is 12.1 Å². The summed E-state index contributed by atoms with van der Waals surface area (Å²) in [5.41, 5.74) is 1.11. The molecule has 7 nitrogen and oxygen atoms in total. The van der Waals surface area contributed by atoms with Crippen LogP contribution in [-0.2, 0) is 16.1 Å². The highest BCUT2D eigenvalue weighted by atomic mass is 19.4. The van der Waals surface area contributed by atoms with Crippen LogP contribution in [0.2, 0.25) is 0 Å². The third kappa shape index (κ3) is 4.20. The minimum Gasteiger partial charge on any atom is -0.454 e. The number of carbonyl (C=O) groups is 2. The van der Waals surface area contributed by atoms with Crippen LogP contribution in [0.1, 0.15) is 5.56 Å². The Bertz CT molecular complexity index is 946. The molecule has 152 valence electrons. The molecule has 0 bridgehead atoms. The van der Waals surface area contributed by atoms with E-state index in [0.717, 1.165) is 17.7 Å². The molecule has 1 fully saturated rings. The van der Waals surface area contributed by atoms with Gasteiger partial charge in [-0.15, -0.1) is 13.2 Å². The van der Waals surface area contributed by atoms with Gasteiger partial charge in [-0.3, -0.25) is 9.59 Å². The van der Waals surface area contributed by atoms with Gasteiger partial charge in [0.2, 0.25) is 18.6 Å². The van der Waals surface area contributed by atoms with Crippen LogP contribution in [-0.4, -0.2) is 43.0 Å². The number of hydrogen-bond donors (Lipinski definition) is 0. The van der Waals surface area contributed by atoms with Gasteiger partial charge in [-0.05, 0) is 42.0 Å². The highest BCUT2D eigenvalue weighted by Crippen LogP contribution is 2.33. The molecule has 2 aliphatic heterocycles. The van der Waals surface area contributed by atoms with Crippen molar-refractivity contribution in [2.45, 2.75) is 12.9 Å². The maximum absolute atomic E-state index is 12.5. The molecule has 0 saturated carbocycles. The third-order valence-corrected chi connectivity index (χ3v) is 4.47. The van der Waals surface area contributed by atoms with Crippen molar-refractivity contribution in [3.63, 3.8) is 0 Å². The van der Waals surface area contributed by atoms with Crippen molar-refractivity contribution in [3.05, 3.63) is 48.0 Å². The Labute approximate surface area is 163 Å². The molecule has 0 spiro atoms. The zero-order chi connectivity index (χ0) is 20.6. The molecule has 2 aromatic carbocycles. The number of piperazine rings is 1. The van der Waals surface area contributed by atoms with Crippen molar-refractivity contribution >= 4 is 17.5 Å². The lowest BCUT2D eigenvalue weighted by Gasteiger charge is -2.34. The van der Waals surface area contributed by atoms with Crippen molar-refractivity contribution in [1.29, 1.82) is 0 Å². The summed E-state index contributed by atoms with van der Waals surface area (Å²) >= 11 is 0. The predicted molar refractivity (Wildman–Crippen MR) is 93.5 cm³/mol. The number of ether oxygens (including phenoxy) is 3. The number of benzene rings is 2. The van der Waals surface area contributed by atoms with Gasteiger partial charge in [0.25, 0.3) is 0 Å². The number of rotatable bonds is 4. The molecule has 29 heavy (non-hydrogen) atoms. The van der Waals surface area contributed by atoms with Gasteiger partial charge in [-0.25, -0.2) is 0 Å².